The maximum atomic E-state index is 13.2. The summed E-state index contributed by atoms with van der Waals surface area (Å²) in [6.45, 7) is 4.32. The van der Waals surface area contributed by atoms with Gasteiger partial charge in [0.2, 0.25) is 5.91 Å². The van der Waals surface area contributed by atoms with Crippen molar-refractivity contribution in [1.82, 2.24) is 14.4 Å². The zero-order valence-corrected chi connectivity index (χ0v) is 18.1. The number of aromatic nitrogens is 1. The van der Waals surface area contributed by atoms with Gasteiger partial charge in [0.1, 0.15) is 6.29 Å². The van der Waals surface area contributed by atoms with Gasteiger partial charge < -0.3 is 19.2 Å². The van der Waals surface area contributed by atoms with E-state index < -0.39 is 0 Å². The molecule has 2 aliphatic rings. The predicted molar refractivity (Wildman–Crippen MR) is 114 cm³/mol. The number of aldehydes is 1. The Hall–Kier alpha value is -1.66. The van der Waals surface area contributed by atoms with E-state index in [1.807, 2.05) is 29.0 Å². The second-order valence-electron chi connectivity index (χ2n) is 8.57. The Kier molecular flexibility index (Phi) is 5.61. The summed E-state index contributed by atoms with van der Waals surface area (Å²) < 4.78 is 2.92. The second-order valence-corrected chi connectivity index (χ2v) is 9.49. The van der Waals surface area contributed by atoms with Gasteiger partial charge in [-0.2, -0.15) is 0 Å². The van der Waals surface area contributed by atoms with E-state index >= 15 is 0 Å². The molecule has 0 N–H and O–H groups in total. The van der Waals surface area contributed by atoms with Crippen LogP contribution in [0.4, 0.5) is 0 Å². The molecule has 1 unspecified atom stereocenters. The highest BCUT2D eigenvalue weighted by molar-refractivity contribution is 9.10. The van der Waals surface area contributed by atoms with E-state index in [9.17, 15) is 9.59 Å². The van der Waals surface area contributed by atoms with Crippen molar-refractivity contribution in [2.75, 3.05) is 33.2 Å². The fraction of sp³-hybridized carbons (Fsp3) is 0.545. The quantitative estimate of drug-likeness (QED) is 0.676. The van der Waals surface area contributed by atoms with Crippen LogP contribution in [0.3, 0.4) is 0 Å². The van der Waals surface area contributed by atoms with Gasteiger partial charge in [-0.3, -0.25) is 4.79 Å². The van der Waals surface area contributed by atoms with Crippen LogP contribution in [0, 0.1) is 5.41 Å². The summed E-state index contributed by atoms with van der Waals surface area (Å²) in [4.78, 5) is 28.8. The Bertz CT molecular complexity index is 889. The molecule has 2 aromatic rings. The fourth-order valence-electron chi connectivity index (χ4n) is 5.20. The zero-order chi connectivity index (χ0) is 19.7. The smallest absolute Gasteiger partial charge is 0.227 e. The van der Waals surface area contributed by atoms with Crippen LogP contribution >= 0.6 is 15.9 Å². The SMILES string of the molecule is CN1CCCC2(CCCN(C(=O)Cc3cn(CC=O)c4ccc(Br)cc34)C2)C1. The first kappa shape index (κ1) is 19.6. The molecular formula is C22H28BrN3O2. The number of nitrogens with zero attached hydrogens (tertiary/aromatic N) is 3. The lowest BCUT2D eigenvalue weighted by Crippen LogP contribution is -2.53. The van der Waals surface area contributed by atoms with Crippen LogP contribution in [-0.4, -0.2) is 59.8 Å². The molecule has 5 nitrogen and oxygen atoms in total. The molecule has 2 saturated heterocycles. The van der Waals surface area contributed by atoms with Gasteiger partial charge in [-0.1, -0.05) is 15.9 Å². The molecule has 1 spiro atoms. The molecule has 3 heterocycles. The summed E-state index contributed by atoms with van der Waals surface area (Å²) >= 11 is 3.53. The minimum atomic E-state index is 0.206. The molecule has 1 aromatic heterocycles. The van der Waals surface area contributed by atoms with Crippen LogP contribution in [0.2, 0.25) is 0 Å². The van der Waals surface area contributed by atoms with Gasteiger partial charge in [-0.25, -0.2) is 0 Å². The Balaban J connectivity index is 1.55. The number of rotatable bonds is 4. The predicted octanol–water partition coefficient (Wildman–Crippen LogP) is 3.48. The number of carbonyl (C=O) groups is 2. The molecule has 2 fully saturated rings. The van der Waals surface area contributed by atoms with Gasteiger partial charge in [0.05, 0.1) is 13.0 Å². The van der Waals surface area contributed by atoms with Gasteiger partial charge in [0, 0.05) is 46.6 Å². The molecule has 6 heteroatoms. The first-order chi connectivity index (χ1) is 13.5. The number of hydrogen-bond donors (Lipinski definition) is 0. The highest BCUT2D eigenvalue weighted by atomic mass is 79.9. The molecule has 1 atom stereocenters. The molecule has 28 heavy (non-hydrogen) atoms. The van der Waals surface area contributed by atoms with E-state index in [1.54, 1.807) is 0 Å². The number of piperidine rings is 2. The Morgan fingerprint density at radius 3 is 2.75 bits per heavy atom. The van der Waals surface area contributed by atoms with E-state index in [0.717, 1.165) is 53.3 Å². The molecular weight excluding hydrogens is 418 g/mol. The van der Waals surface area contributed by atoms with E-state index in [2.05, 4.69) is 32.8 Å². The molecule has 150 valence electrons. The van der Waals surface area contributed by atoms with Crippen LogP contribution < -0.4 is 0 Å². The number of amides is 1. The fourth-order valence-corrected chi connectivity index (χ4v) is 5.56. The third-order valence-corrected chi connectivity index (χ3v) is 6.90. The second kappa shape index (κ2) is 7.99. The van der Waals surface area contributed by atoms with Crippen LogP contribution in [0.5, 0.6) is 0 Å². The minimum Gasteiger partial charge on any atom is -0.342 e. The largest absolute Gasteiger partial charge is 0.342 e. The molecule has 0 bridgehead atoms. The van der Waals surface area contributed by atoms with E-state index in [4.69, 9.17) is 0 Å². The number of fused-ring (bicyclic) bond motifs is 1. The first-order valence-electron chi connectivity index (χ1n) is 10.2. The molecule has 2 aliphatic heterocycles. The summed E-state index contributed by atoms with van der Waals surface area (Å²) in [6, 6.07) is 6.03. The summed E-state index contributed by atoms with van der Waals surface area (Å²) in [5, 5.41) is 1.05. The third kappa shape index (κ3) is 3.90. The number of hydrogen-bond acceptors (Lipinski definition) is 3. The molecule has 0 aliphatic carbocycles. The monoisotopic (exact) mass is 445 g/mol. The third-order valence-electron chi connectivity index (χ3n) is 6.40. The standard InChI is InChI=1S/C22H28BrN3O2/c1-24-8-2-6-22(15-24)7-3-9-26(16-22)21(28)12-17-14-25(10-11-27)20-5-4-18(23)13-19(17)20/h4-5,11,13-14H,2-3,6-10,12,15-16H2,1H3. The highest BCUT2D eigenvalue weighted by Gasteiger charge is 2.39. The lowest BCUT2D eigenvalue weighted by molar-refractivity contribution is -0.135. The molecule has 1 aromatic carbocycles. The normalized spacial score (nSPS) is 23.4. The van der Waals surface area contributed by atoms with Crippen molar-refractivity contribution in [2.45, 2.75) is 38.6 Å². The lowest BCUT2D eigenvalue weighted by atomic mass is 9.74. The zero-order valence-electron chi connectivity index (χ0n) is 16.5. The Morgan fingerprint density at radius 1 is 1.21 bits per heavy atom. The molecule has 4 rings (SSSR count). The summed E-state index contributed by atoms with van der Waals surface area (Å²) in [5.41, 5.74) is 2.28. The summed E-state index contributed by atoms with van der Waals surface area (Å²) in [5.74, 6) is 0.206. The van der Waals surface area contributed by atoms with Gasteiger partial charge >= 0.3 is 0 Å². The van der Waals surface area contributed by atoms with Crippen LogP contribution in [0.15, 0.2) is 28.9 Å². The molecule has 0 radical (unpaired) electrons. The summed E-state index contributed by atoms with van der Waals surface area (Å²) in [7, 11) is 2.20. The lowest BCUT2D eigenvalue weighted by Gasteiger charge is -2.47. The topological polar surface area (TPSA) is 45.5 Å². The van der Waals surface area contributed by atoms with Gasteiger partial charge in [0.15, 0.2) is 0 Å². The first-order valence-corrected chi connectivity index (χ1v) is 11.0. The maximum Gasteiger partial charge on any atom is 0.227 e. The average Bonchev–Trinajstić information content (AvgIpc) is 2.98. The van der Waals surface area contributed by atoms with Crippen molar-refractivity contribution in [3.8, 4) is 0 Å². The maximum absolute atomic E-state index is 13.2. The average molecular weight is 446 g/mol. The van der Waals surface area contributed by atoms with Crippen molar-refractivity contribution in [3.63, 3.8) is 0 Å². The number of carbonyl (C=O) groups excluding carboxylic acids is 2. The highest BCUT2D eigenvalue weighted by Crippen LogP contribution is 2.38. The van der Waals surface area contributed by atoms with Gasteiger partial charge in [-0.05, 0) is 63.0 Å². The van der Waals surface area contributed by atoms with E-state index in [0.29, 0.717) is 13.0 Å². The molecule has 1 amide bonds. The van der Waals surface area contributed by atoms with E-state index in [-0.39, 0.29) is 11.3 Å². The van der Waals surface area contributed by atoms with Crippen molar-refractivity contribution < 1.29 is 9.59 Å². The summed E-state index contributed by atoms with van der Waals surface area (Å²) in [6.07, 6.45) is 8.05. The van der Waals surface area contributed by atoms with Crippen molar-refractivity contribution in [1.29, 1.82) is 0 Å². The van der Waals surface area contributed by atoms with Gasteiger partial charge in [0.25, 0.3) is 0 Å². The van der Waals surface area contributed by atoms with Crippen LogP contribution in [0.1, 0.15) is 31.2 Å². The molecule has 0 saturated carbocycles. The number of likely N-dealkylation sites (tertiary alicyclic amines) is 2. The number of benzene rings is 1. The van der Waals surface area contributed by atoms with Crippen molar-refractivity contribution in [2.24, 2.45) is 5.41 Å². The van der Waals surface area contributed by atoms with Crippen LogP contribution in [-0.2, 0) is 22.6 Å². The van der Waals surface area contributed by atoms with E-state index in [1.165, 1.54) is 25.8 Å². The van der Waals surface area contributed by atoms with Crippen molar-refractivity contribution >= 4 is 39.0 Å². The number of halogens is 1. The van der Waals surface area contributed by atoms with Crippen LogP contribution in [0.25, 0.3) is 10.9 Å². The van der Waals surface area contributed by atoms with Gasteiger partial charge in [-0.15, -0.1) is 0 Å². The minimum absolute atomic E-state index is 0.206. The Morgan fingerprint density at radius 2 is 2.00 bits per heavy atom. The Labute approximate surface area is 174 Å². The van der Waals surface area contributed by atoms with Crippen molar-refractivity contribution in [3.05, 3.63) is 34.4 Å².